The molecule has 0 atom stereocenters. The van der Waals surface area contributed by atoms with Gasteiger partial charge < -0.3 is 14.8 Å². The van der Waals surface area contributed by atoms with Crippen molar-refractivity contribution in [1.29, 1.82) is 0 Å². The fourth-order valence-corrected chi connectivity index (χ4v) is 4.54. The third-order valence-electron chi connectivity index (χ3n) is 4.28. The molecule has 30 heavy (non-hydrogen) atoms. The summed E-state index contributed by atoms with van der Waals surface area (Å²) in [5, 5.41) is 3.60. The van der Waals surface area contributed by atoms with Gasteiger partial charge in [-0.3, -0.25) is 4.79 Å². The molecule has 0 aliphatic carbocycles. The van der Waals surface area contributed by atoms with Crippen LogP contribution in [-0.4, -0.2) is 40.2 Å². The van der Waals surface area contributed by atoms with E-state index in [1.807, 2.05) is 42.5 Å². The minimum absolute atomic E-state index is 0.125. The van der Waals surface area contributed by atoms with Gasteiger partial charge in [0.1, 0.15) is 38.8 Å². The summed E-state index contributed by atoms with van der Waals surface area (Å²) < 4.78 is 15.8. The van der Waals surface area contributed by atoms with Gasteiger partial charge in [-0.05, 0) is 47.9 Å². The molecule has 4 rings (SSSR count). The smallest absolute Gasteiger partial charge is 0.234 e. The van der Waals surface area contributed by atoms with E-state index in [9.17, 15) is 4.79 Å². The lowest BCUT2D eigenvalue weighted by atomic mass is 10.1. The summed E-state index contributed by atoms with van der Waals surface area (Å²) in [5.41, 5.74) is 3.21. The first-order valence-electron chi connectivity index (χ1n) is 8.99. The molecule has 0 fully saturated rings. The highest BCUT2D eigenvalue weighted by Crippen LogP contribution is 2.34. The fraction of sp³-hybridized carbons (Fsp3) is 0.143. The molecule has 1 N–H and O–H groups in total. The molecule has 7 nitrogen and oxygen atoms in total. The van der Waals surface area contributed by atoms with Crippen molar-refractivity contribution in [3.63, 3.8) is 0 Å². The Labute approximate surface area is 181 Å². The van der Waals surface area contributed by atoms with Crippen LogP contribution in [0.25, 0.3) is 21.5 Å². The molecule has 4 aromatic rings. The van der Waals surface area contributed by atoms with Crippen LogP contribution < -0.4 is 14.8 Å². The second kappa shape index (κ2) is 9.10. The van der Waals surface area contributed by atoms with Crippen molar-refractivity contribution in [1.82, 2.24) is 14.3 Å². The molecule has 0 saturated heterocycles. The van der Waals surface area contributed by atoms with E-state index in [-0.39, 0.29) is 11.7 Å². The number of carbonyl (C=O) groups is 1. The second-order valence-electron chi connectivity index (χ2n) is 6.19. The van der Waals surface area contributed by atoms with Crippen LogP contribution in [-0.2, 0) is 4.79 Å². The van der Waals surface area contributed by atoms with Crippen molar-refractivity contribution in [2.24, 2.45) is 0 Å². The molecule has 152 valence electrons. The zero-order valence-electron chi connectivity index (χ0n) is 16.3. The highest BCUT2D eigenvalue weighted by molar-refractivity contribution is 8.00. The van der Waals surface area contributed by atoms with E-state index in [4.69, 9.17) is 9.47 Å². The summed E-state index contributed by atoms with van der Waals surface area (Å²) in [4.78, 5) is 21.1. The first kappa shape index (κ1) is 20.1. The number of nitrogens with zero attached hydrogens (tertiary/aromatic N) is 3. The van der Waals surface area contributed by atoms with E-state index in [1.165, 1.54) is 29.6 Å². The number of thioether (sulfide) groups is 1. The van der Waals surface area contributed by atoms with Gasteiger partial charge in [0.15, 0.2) is 0 Å². The van der Waals surface area contributed by atoms with Crippen LogP contribution in [0.4, 0.5) is 5.69 Å². The Morgan fingerprint density at radius 3 is 2.63 bits per heavy atom. The van der Waals surface area contributed by atoms with Gasteiger partial charge in [0, 0.05) is 17.3 Å². The number of hydrogen-bond donors (Lipinski definition) is 1. The molecule has 0 spiro atoms. The van der Waals surface area contributed by atoms with Crippen molar-refractivity contribution in [2.45, 2.75) is 5.03 Å². The molecule has 0 aliphatic rings. The topological polar surface area (TPSA) is 86.2 Å². The number of aromatic nitrogens is 3. The Morgan fingerprint density at radius 2 is 1.87 bits per heavy atom. The SMILES string of the molecule is COc1ccc(-c2nsc3c(SCC(=O)Nc4cccc(OC)c4)ncnc23)cc1. The molecule has 0 saturated carbocycles. The highest BCUT2D eigenvalue weighted by atomic mass is 32.2. The molecule has 2 aromatic heterocycles. The van der Waals surface area contributed by atoms with Crippen molar-refractivity contribution >= 4 is 45.1 Å². The van der Waals surface area contributed by atoms with Crippen LogP contribution in [0.2, 0.25) is 0 Å². The molecule has 9 heteroatoms. The van der Waals surface area contributed by atoms with E-state index in [2.05, 4.69) is 19.7 Å². The van der Waals surface area contributed by atoms with E-state index in [0.717, 1.165) is 32.2 Å². The van der Waals surface area contributed by atoms with E-state index in [0.29, 0.717) is 11.4 Å². The lowest BCUT2D eigenvalue weighted by Gasteiger charge is -2.07. The molecule has 0 unspecified atom stereocenters. The van der Waals surface area contributed by atoms with Crippen molar-refractivity contribution in [3.8, 4) is 22.8 Å². The molecular weight excluding hydrogens is 420 g/mol. The van der Waals surface area contributed by atoms with Gasteiger partial charge in [-0.15, -0.1) is 0 Å². The number of ether oxygens (including phenoxy) is 2. The van der Waals surface area contributed by atoms with Gasteiger partial charge in [0.05, 0.1) is 20.0 Å². The fourth-order valence-electron chi connectivity index (χ4n) is 2.82. The molecule has 2 aromatic carbocycles. The summed E-state index contributed by atoms with van der Waals surface area (Å²) in [7, 11) is 3.22. The number of amides is 1. The average molecular weight is 439 g/mol. The van der Waals surface area contributed by atoms with E-state index < -0.39 is 0 Å². The van der Waals surface area contributed by atoms with Gasteiger partial charge in [-0.25, -0.2) is 9.97 Å². The lowest BCUT2D eigenvalue weighted by Crippen LogP contribution is -2.14. The largest absolute Gasteiger partial charge is 0.497 e. The van der Waals surface area contributed by atoms with Crippen LogP contribution in [0.15, 0.2) is 59.9 Å². The average Bonchev–Trinajstić information content (AvgIpc) is 3.22. The maximum absolute atomic E-state index is 12.4. The number of carbonyl (C=O) groups excluding carboxylic acids is 1. The summed E-state index contributed by atoms with van der Waals surface area (Å²) in [5.74, 6) is 1.57. The van der Waals surface area contributed by atoms with Crippen LogP contribution >= 0.6 is 23.3 Å². The predicted octanol–water partition coefficient (Wildman–Crippen LogP) is 4.50. The number of nitrogens with one attached hydrogen (secondary N) is 1. The molecule has 0 aliphatic heterocycles. The lowest BCUT2D eigenvalue weighted by molar-refractivity contribution is -0.113. The second-order valence-corrected chi connectivity index (χ2v) is 7.92. The summed E-state index contributed by atoms with van der Waals surface area (Å²) in [6.45, 7) is 0. The van der Waals surface area contributed by atoms with Crippen LogP contribution in [0.1, 0.15) is 0 Å². The quantitative estimate of drug-likeness (QED) is 0.336. The number of rotatable bonds is 7. The zero-order chi connectivity index (χ0) is 20.9. The Hall–Kier alpha value is -3.17. The van der Waals surface area contributed by atoms with Gasteiger partial charge in [-0.2, -0.15) is 4.37 Å². The number of hydrogen-bond acceptors (Lipinski definition) is 8. The van der Waals surface area contributed by atoms with Crippen molar-refractivity contribution in [3.05, 3.63) is 54.9 Å². The number of anilines is 1. The normalized spacial score (nSPS) is 10.7. The van der Waals surface area contributed by atoms with Gasteiger partial charge in [0.2, 0.25) is 5.91 Å². The maximum Gasteiger partial charge on any atom is 0.234 e. The van der Waals surface area contributed by atoms with E-state index >= 15 is 0 Å². The highest BCUT2D eigenvalue weighted by Gasteiger charge is 2.15. The Kier molecular flexibility index (Phi) is 6.10. The van der Waals surface area contributed by atoms with Crippen LogP contribution in [0, 0.1) is 0 Å². The van der Waals surface area contributed by atoms with Crippen LogP contribution in [0.3, 0.4) is 0 Å². The zero-order valence-corrected chi connectivity index (χ0v) is 17.9. The number of fused-ring (bicyclic) bond motifs is 1. The Balaban J connectivity index is 1.49. The minimum Gasteiger partial charge on any atom is -0.497 e. The van der Waals surface area contributed by atoms with E-state index in [1.54, 1.807) is 20.3 Å². The van der Waals surface area contributed by atoms with Gasteiger partial charge in [0.25, 0.3) is 0 Å². The minimum atomic E-state index is -0.125. The molecule has 0 bridgehead atoms. The number of benzene rings is 2. The van der Waals surface area contributed by atoms with Crippen LogP contribution in [0.5, 0.6) is 11.5 Å². The summed E-state index contributed by atoms with van der Waals surface area (Å²) in [6.07, 6.45) is 1.51. The Bertz CT molecular complexity index is 1180. The molecule has 2 heterocycles. The monoisotopic (exact) mass is 438 g/mol. The maximum atomic E-state index is 12.4. The van der Waals surface area contributed by atoms with Gasteiger partial charge >= 0.3 is 0 Å². The van der Waals surface area contributed by atoms with Gasteiger partial charge in [-0.1, -0.05) is 17.8 Å². The van der Waals surface area contributed by atoms with Crippen molar-refractivity contribution in [2.75, 3.05) is 25.3 Å². The van der Waals surface area contributed by atoms with Crippen molar-refractivity contribution < 1.29 is 14.3 Å². The third-order valence-corrected chi connectivity index (χ3v) is 6.24. The molecule has 1 amide bonds. The first-order valence-corrected chi connectivity index (χ1v) is 10.8. The number of methoxy groups -OCH3 is 2. The predicted molar refractivity (Wildman–Crippen MR) is 120 cm³/mol. The first-order chi connectivity index (χ1) is 14.7. The third kappa shape index (κ3) is 4.37. The summed E-state index contributed by atoms with van der Waals surface area (Å²) in [6, 6.07) is 14.9. The summed E-state index contributed by atoms with van der Waals surface area (Å²) >= 11 is 2.69. The molecular formula is C21H18N4O3S2. The molecule has 0 radical (unpaired) electrons. The standard InChI is InChI=1S/C21H18N4O3S2/c1-27-15-8-6-13(7-9-15)18-19-20(30-25-18)21(23-12-22-19)29-11-17(26)24-14-4-3-5-16(10-14)28-2/h3-10,12H,11H2,1-2H3,(H,24,26). The Morgan fingerprint density at radius 1 is 1.07 bits per heavy atom.